The van der Waals surface area contributed by atoms with Crippen molar-refractivity contribution in [1.29, 1.82) is 0 Å². The van der Waals surface area contributed by atoms with Crippen molar-refractivity contribution in [1.82, 2.24) is 20.1 Å². The number of carbonyl (C=O) groups is 1. The van der Waals surface area contributed by atoms with E-state index in [4.69, 9.17) is 0 Å². The van der Waals surface area contributed by atoms with Gasteiger partial charge in [0.25, 0.3) is 5.91 Å². The Bertz CT molecular complexity index is 694. The molecule has 104 valence electrons. The van der Waals surface area contributed by atoms with Gasteiger partial charge in [0.2, 0.25) is 10.7 Å². The fourth-order valence-corrected chi connectivity index (χ4v) is 2.62. The van der Waals surface area contributed by atoms with Crippen molar-refractivity contribution < 1.29 is 4.79 Å². The van der Waals surface area contributed by atoms with Gasteiger partial charge < -0.3 is 10.6 Å². The van der Waals surface area contributed by atoms with Crippen LogP contribution in [-0.2, 0) is 13.1 Å². The lowest BCUT2D eigenvalue weighted by Gasteiger charge is -2.11. The highest BCUT2D eigenvalue weighted by Gasteiger charge is 2.20. The van der Waals surface area contributed by atoms with Crippen molar-refractivity contribution in [2.24, 2.45) is 0 Å². The van der Waals surface area contributed by atoms with Crippen LogP contribution in [0.4, 0.5) is 11.6 Å². The zero-order chi connectivity index (χ0) is 14.3. The van der Waals surface area contributed by atoms with E-state index in [2.05, 4.69) is 36.6 Å². The molecule has 0 bridgehead atoms. The Morgan fingerprint density at radius 2 is 2.30 bits per heavy atom. The van der Waals surface area contributed by atoms with Crippen LogP contribution in [0.15, 0.2) is 16.9 Å². The molecule has 1 aromatic heterocycles. The number of aromatic nitrogens is 3. The molecular weight excluding hydrogens is 322 g/mol. The molecule has 7 heteroatoms. The van der Waals surface area contributed by atoms with E-state index in [9.17, 15) is 4.79 Å². The highest BCUT2D eigenvalue weighted by atomic mass is 79.9. The average Bonchev–Trinajstić information content (AvgIpc) is 2.94. The van der Waals surface area contributed by atoms with E-state index >= 15 is 0 Å². The van der Waals surface area contributed by atoms with E-state index in [1.54, 1.807) is 4.68 Å². The van der Waals surface area contributed by atoms with Gasteiger partial charge in [-0.15, -0.1) is 5.10 Å². The Labute approximate surface area is 124 Å². The van der Waals surface area contributed by atoms with Crippen LogP contribution in [-0.4, -0.2) is 20.7 Å². The minimum absolute atomic E-state index is 0.00544. The van der Waals surface area contributed by atoms with Crippen molar-refractivity contribution in [2.45, 2.75) is 26.9 Å². The van der Waals surface area contributed by atoms with Crippen molar-refractivity contribution >= 4 is 33.5 Å². The fourth-order valence-electron chi connectivity index (χ4n) is 2.26. The first-order chi connectivity index (χ1) is 9.58. The maximum absolute atomic E-state index is 11.6. The van der Waals surface area contributed by atoms with Crippen LogP contribution in [0.1, 0.15) is 28.4 Å². The SMILES string of the molecule is CCn1nc(Br)nc1Nc1cc2c(cc1C)C(=O)NC2. The number of hydrogen-bond acceptors (Lipinski definition) is 4. The van der Waals surface area contributed by atoms with Crippen molar-refractivity contribution in [3.05, 3.63) is 33.6 Å². The number of halogens is 1. The highest BCUT2D eigenvalue weighted by molar-refractivity contribution is 9.10. The summed E-state index contributed by atoms with van der Waals surface area (Å²) in [5, 5.41) is 10.3. The topological polar surface area (TPSA) is 71.8 Å². The zero-order valence-electron chi connectivity index (χ0n) is 11.2. The molecule has 2 heterocycles. The zero-order valence-corrected chi connectivity index (χ0v) is 12.8. The molecule has 1 aliphatic heterocycles. The molecular formula is C13H14BrN5O. The Morgan fingerprint density at radius 3 is 3.05 bits per heavy atom. The number of amides is 1. The molecule has 0 spiro atoms. The Morgan fingerprint density at radius 1 is 1.50 bits per heavy atom. The summed E-state index contributed by atoms with van der Waals surface area (Å²) in [6.45, 7) is 5.28. The Hall–Kier alpha value is -1.89. The number of benzene rings is 1. The summed E-state index contributed by atoms with van der Waals surface area (Å²) in [6.07, 6.45) is 0. The van der Waals surface area contributed by atoms with Crippen molar-refractivity contribution in [2.75, 3.05) is 5.32 Å². The van der Waals surface area contributed by atoms with Crippen LogP contribution in [0.3, 0.4) is 0 Å². The third kappa shape index (κ3) is 2.18. The summed E-state index contributed by atoms with van der Waals surface area (Å²) >= 11 is 3.28. The molecule has 0 saturated heterocycles. The minimum atomic E-state index is -0.00544. The monoisotopic (exact) mass is 335 g/mol. The molecule has 1 aromatic carbocycles. The molecule has 0 fully saturated rings. The number of aryl methyl sites for hydroxylation is 2. The van der Waals surface area contributed by atoms with Crippen molar-refractivity contribution in [3.63, 3.8) is 0 Å². The van der Waals surface area contributed by atoms with Gasteiger partial charge in [0.1, 0.15) is 0 Å². The number of carbonyl (C=O) groups excluding carboxylic acids is 1. The van der Waals surface area contributed by atoms with Gasteiger partial charge in [-0.2, -0.15) is 4.98 Å². The van der Waals surface area contributed by atoms with Gasteiger partial charge in [-0.25, -0.2) is 4.68 Å². The van der Waals surface area contributed by atoms with Gasteiger partial charge in [0, 0.05) is 24.3 Å². The summed E-state index contributed by atoms with van der Waals surface area (Å²) in [7, 11) is 0. The van der Waals surface area contributed by atoms with E-state index in [1.807, 2.05) is 26.0 Å². The number of fused-ring (bicyclic) bond motifs is 1. The van der Waals surface area contributed by atoms with Crippen LogP contribution in [0, 0.1) is 6.92 Å². The summed E-state index contributed by atoms with van der Waals surface area (Å²) in [5.41, 5.74) is 3.70. The number of rotatable bonds is 3. The predicted molar refractivity (Wildman–Crippen MR) is 79.0 cm³/mol. The smallest absolute Gasteiger partial charge is 0.251 e. The maximum Gasteiger partial charge on any atom is 0.251 e. The third-order valence-electron chi connectivity index (χ3n) is 3.33. The maximum atomic E-state index is 11.6. The molecule has 0 radical (unpaired) electrons. The standard InChI is InChI=1S/C13H14BrN5O/c1-3-19-13(17-12(14)18-19)16-10-5-8-6-15-11(20)9(8)4-7(10)2/h4-5H,3,6H2,1-2H3,(H,15,20)(H,16,17,18). The number of nitrogens with zero attached hydrogens (tertiary/aromatic N) is 3. The van der Waals surface area contributed by atoms with Gasteiger partial charge in [-0.05, 0) is 53.0 Å². The van der Waals surface area contributed by atoms with Gasteiger partial charge in [0.15, 0.2) is 0 Å². The van der Waals surface area contributed by atoms with E-state index < -0.39 is 0 Å². The minimum Gasteiger partial charge on any atom is -0.348 e. The fraction of sp³-hybridized carbons (Fsp3) is 0.308. The predicted octanol–water partition coefficient (Wildman–Crippen LogP) is 2.36. The quantitative estimate of drug-likeness (QED) is 0.903. The first kappa shape index (κ1) is 13.1. The van der Waals surface area contributed by atoms with E-state index in [0.29, 0.717) is 17.2 Å². The normalized spacial score (nSPS) is 13.2. The van der Waals surface area contributed by atoms with E-state index in [-0.39, 0.29) is 5.91 Å². The number of nitrogens with one attached hydrogen (secondary N) is 2. The van der Waals surface area contributed by atoms with E-state index in [1.165, 1.54) is 0 Å². The molecule has 6 nitrogen and oxygen atoms in total. The second-order valence-electron chi connectivity index (χ2n) is 4.65. The van der Waals surface area contributed by atoms with Crippen LogP contribution < -0.4 is 10.6 Å². The number of hydrogen-bond donors (Lipinski definition) is 2. The third-order valence-corrected chi connectivity index (χ3v) is 3.66. The molecule has 2 N–H and O–H groups in total. The molecule has 1 amide bonds. The lowest BCUT2D eigenvalue weighted by molar-refractivity contribution is 0.0965. The Kier molecular flexibility index (Phi) is 3.21. The highest BCUT2D eigenvalue weighted by Crippen LogP contribution is 2.26. The molecule has 0 unspecified atom stereocenters. The summed E-state index contributed by atoms with van der Waals surface area (Å²) in [5.74, 6) is 0.675. The molecule has 20 heavy (non-hydrogen) atoms. The van der Waals surface area contributed by atoms with Crippen LogP contribution in [0.2, 0.25) is 0 Å². The molecule has 0 atom stereocenters. The van der Waals surface area contributed by atoms with Gasteiger partial charge in [-0.3, -0.25) is 4.79 Å². The lowest BCUT2D eigenvalue weighted by atomic mass is 10.0. The average molecular weight is 336 g/mol. The molecule has 2 aromatic rings. The summed E-state index contributed by atoms with van der Waals surface area (Å²) < 4.78 is 2.33. The second-order valence-corrected chi connectivity index (χ2v) is 5.36. The molecule has 0 saturated carbocycles. The summed E-state index contributed by atoms with van der Waals surface area (Å²) in [6, 6.07) is 3.90. The van der Waals surface area contributed by atoms with Gasteiger partial charge in [0.05, 0.1) is 0 Å². The van der Waals surface area contributed by atoms with Crippen molar-refractivity contribution in [3.8, 4) is 0 Å². The number of anilines is 2. The molecule has 3 rings (SSSR count). The molecule has 1 aliphatic rings. The van der Waals surface area contributed by atoms with E-state index in [0.717, 1.165) is 28.9 Å². The van der Waals surface area contributed by atoms with Gasteiger partial charge >= 0.3 is 0 Å². The Balaban J connectivity index is 1.97. The molecule has 0 aliphatic carbocycles. The lowest BCUT2D eigenvalue weighted by Crippen LogP contribution is -2.12. The van der Waals surface area contributed by atoms with Gasteiger partial charge in [-0.1, -0.05) is 0 Å². The summed E-state index contributed by atoms with van der Waals surface area (Å²) in [4.78, 5) is 15.9. The van der Waals surface area contributed by atoms with Crippen LogP contribution in [0.5, 0.6) is 0 Å². The van der Waals surface area contributed by atoms with Crippen LogP contribution in [0.25, 0.3) is 0 Å². The first-order valence-corrected chi connectivity index (χ1v) is 7.17. The van der Waals surface area contributed by atoms with Crippen LogP contribution >= 0.6 is 15.9 Å². The largest absolute Gasteiger partial charge is 0.348 e. The second kappa shape index (κ2) is 4.90. The first-order valence-electron chi connectivity index (χ1n) is 6.37.